The first-order chi connectivity index (χ1) is 13.0. The van der Waals surface area contributed by atoms with Crippen molar-refractivity contribution in [1.29, 1.82) is 0 Å². The molecule has 27 heavy (non-hydrogen) atoms. The molecule has 3 rings (SSSR count). The van der Waals surface area contributed by atoms with Gasteiger partial charge in [-0.2, -0.15) is 0 Å². The molecular formula is C18H19N5O4. The molecule has 0 radical (unpaired) electrons. The van der Waals surface area contributed by atoms with Crippen LogP contribution in [0.5, 0.6) is 0 Å². The molecule has 1 heterocycles. The van der Waals surface area contributed by atoms with Crippen LogP contribution in [0.4, 0.5) is 11.4 Å². The molecule has 2 N–H and O–H groups in total. The summed E-state index contributed by atoms with van der Waals surface area (Å²) in [5.74, 6) is -0.265. The molecule has 0 aliphatic heterocycles. The highest BCUT2D eigenvalue weighted by atomic mass is 16.6. The Morgan fingerprint density at radius 1 is 1.07 bits per heavy atom. The number of amides is 1. The van der Waals surface area contributed by atoms with Crippen molar-refractivity contribution < 1.29 is 9.72 Å². The van der Waals surface area contributed by atoms with Crippen LogP contribution in [-0.4, -0.2) is 33.1 Å². The fourth-order valence-electron chi connectivity index (χ4n) is 2.83. The smallest absolute Gasteiger partial charge is 0.329 e. The van der Waals surface area contributed by atoms with E-state index in [1.54, 1.807) is 25.2 Å². The number of fused-ring (bicyclic) bond motifs is 1. The standard InChI is InChI=1S/C18H19N5O4/c1-21-15-4-2-3-5-16(15)22(18(21)25)12-17(24)20-11-10-19-13-6-8-14(9-7-13)23(26)27/h2-9,19H,10-12H2,1H3,(H,20,24). The quantitative estimate of drug-likeness (QED) is 0.372. The zero-order valence-corrected chi connectivity index (χ0v) is 14.7. The summed E-state index contributed by atoms with van der Waals surface area (Å²) in [4.78, 5) is 34.6. The van der Waals surface area contributed by atoms with Gasteiger partial charge in [0.1, 0.15) is 6.54 Å². The second-order valence-corrected chi connectivity index (χ2v) is 6.00. The van der Waals surface area contributed by atoms with Crippen molar-refractivity contribution in [3.8, 4) is 0 Å². The number of imidazole rings is 1. The van der Waals surface area contributed by atoms with E-state index in [9.17, 15) is 19.7 Å². The van der Waals surface area contributed by atoms with Crippen LogP contribution >= 0.6 is 0 Å². The summed E-state index contributed by atoms with van der Waals surface area (Å²) < 4.78 is 2.95. The Morgan fingerprint density at radius 3 is 2.41 bits per heavy atom. The van der Waals surface area contributed by atoms with Crippen LogP contribution in [-0.2, 0) is 18.4 Å². The molecule has 0 fully saturated rings. The predicted molar refractivity (Wildman–Crippen MR) is 102 cm³/mol. The van der Waals surface area contributed by atoms with E-state index in [1.807, 2.05) is 18.2 Å². The third-order valence-corrected chi connectivity index (χ3v) is 4.21. The van der Waals surface area contributed by atoms with Crippen LogP contribution in [0, 0.1) is 10.1 Å². The Kier molecular flexibility index (Phi) is 5.20. The Balaban J connectivity index is 1.53. The summed E-state index contributed by atoms with van der Waals surface area (Å²) in [5.41, 5.74) is 1.99. The minimum Gasteiger partial charge on any atom is -0.383 e. The van der Waals surface area contributed by atoms with Crippen LogP contribution in [0.2, 0.25) is 0 Å². The number of rotatable bonds is 7. The van der Waals surface area contributed by atoms with Gasteiger partial charge < -0.3 is 10.6 Å². The number of non-ortho nitro benzene ring substituents is 1. The van der Waals surface area contributed by atoms with Crippen molar-refractivity contribution >= 4 is 28.3 Å². The van der Waals surface area contributed by atoms with Crippen LogP contribution < -0.4 is 16.3 Å². The van der Waals surface area contributed by atoms with Gasteiger partial charge in [-0.05, 0) is 24.3 Å². The average molecular weight is 369 g/mol. The largest absolute Gasteiger partial charge is 0.383 e. The maximum atomic E-state index is 12.3. The van der Waals surface area contributed by atoms with Gasteiger partial charge in [0, 0.05) is 38.0 Å². The third-order valence-electron chi connectivity index (χ3n) is 4.21. The molecule has 0 aliphatic rings. The maximum absolute atomic E-state index is 12.3. The number of anilines is 1. The highest BCUT2D eigenvalue weighted by molar-refractivity contribution is 5.80. The summed E-state index contributed by atoms with van der Waals surface area (Å²) in [5, 5.41) is 16.4. The lowest BCUT2D eigenvalue weighted by Gasteiger charge is -2.08. The minimum atomic E-state index is -0.459. The number of aryl methyl sites for hydroxylation is 1. The van der Waals surface area contributed by atoms with E-state index >= 15 is 0 Å². The summed E-state index contributed by atoms with van der Waals surface area (Å²) in [6.45, 7) is 0.751. The van der Waals surface area contributed by atoms with Gasteiger partial charge >= 0.3 is 5.69 Å². The molecule has 9 nitrogen and oxygen atoms in total. The molecule has 0 saturated carbocycles. The molecular weight excluding hydrogens is 350 g/mol. The topological polar surface area (TPSA) is 111 Å². The van der Waals surface area contributed by atoms with E-state index < -0.39 is 4.92 Å². The van der Waals surface area contributed by atoms with Gasteiger partial charge in [0.05, 0.1) is 16.0 Å². The van der Waals surface area contributed by atoms with Crippen LogP contribution in [0.25, 0.3) is 11.0 Å². The van der Waals surface area contributed by atoms with E-state index in [4.69, 9.17) is 0 Å². The number of hydrogen-bond acceptors (Lipinski definition) is 5. The van der Waals surface area contributed by atoms with Gasteiger partial charge in [-0.25, -0.2) is 4.79 Å². The number of carbonyl (C=O) groups excluding carboxylic acids is 1. The van der Waals surface area contributed by atoms with Gasteiger partial charge in [-0.1, -0.05) is 12.1 Å². The molecule has 3 aromatic rings. The van der Waals surface area contributed by atoms with Crippen LogP contribution in [0.15, 0.2) is 53.3 Å². The van der Waals surface area contributed by atoms with Gasteiger partial charge in [0.2, 0.25) is 5.91 Å². The number of nitro benzene ring substituents is 1. The highest BCUT2D eigenvalue weighted by Gasteiger charge is 2.12. The molecule has 0 spiro atoms. The number of nitrogens with one attached hydrogen (secondary N) is 2. The number of aromatic nitrogens is 2. The Labute approximate surface area is 154 Å². The fraction of sp³-hybridized carbons (Fsp3) is 0.222. The molecule has 2 aromatic carbocycles. The molecule has 140 valence electrons. The lowest BCUT2D eigenvalue weighted by Crippen LogP contribution is -2.35. The minimum absolute atomic E-state index is 0.0226. The lowest BCUT2D eigenvalue weighted by molar-refractivity contribution is -0.384. The Bertz CT molecular complexity index is 1040. The predicted octanol–water partition coefficient (Wildman–Crippen LogP) is 1.48. The second-order valence-electron chi connectivity index (χ2n) is 6.00. The zero-order valence-electron chi connectivity index (χ0n) is 14.7. The first-order valence-corrected chi connectivity index (χ1v) is 8.36. The van der Waals surface area contributed by atoms with E-state index in [-0.39, 0.29) is 23.8 Å². The van der Waals surface area contributed by atoms with Gasteiger partial charge in [-0.15, -0.1) is 0 Å². The van der Waals surface area contributed by atoms with Gasteiger partial charge in [-0.3, -0.25) is 24.0 Å². The summed E-state index contributed by atoms with van der Waals surface area (Å²) in [6.07, 6.45) is 0. The number of nitrogens with zero attached hydrogens (tertiary/aromatic N) is 3. The number of nitro groups is 1. The molecule has 1 aromatic heterocycles. The Morgan fingerprint density at radius 2 is 1.74 bits per heavy atom. The summed E-state index contributed by atoms with van der Waals surface area (Å²) in [6, 6.07) is 13.3. The van der Waals surface area contributed by atoms with Crippen LogP contribution in [0.3, 0.4) is 0 Å². The first kappa shape index (κ1) is 18.2. The fourth-order valence-corrected chi connectivity index (χ4v) is 2.83. The number of para-hydroxylation sites is 2. The average Bonchev–Trinajstić information content (AvgIpc) is 2.91. The summed E-state index contributed by atoms with van der Waals surface area (Å²) in [7, 11) is 1.67. The SMILES string of the molecule is Cn1c(=O)n(CC(=O)NCCNc2ccc([N+](=O)[O-])cc2)c2ccccc21. The van der Waals surface area contributed by atoms with E-state index in [2.05, 4.69) is 10.6 Å². The van der Waals surface area contributed by atoms with Gasteiger partial charge in [0.15, 0.2) is 0 Å². The van der Waals surface area contributed by atoms with Crippen molar-refractivity contribution in [3.05, 3.63) is 69.1 Å². The van der Waals surface area contributed by atoms with E-state index in [0.717, 1.165) is 11.2 Å². The maximum Gasteiger partial charge on any atom is 0.329 e. The number of hydrogen-bond donors (Lipinski definition) is 2. The second kappa shape index (κ2) is 7.73. The summed E-state index contributed by atoms with van der Waals surface area (Å²) >= 11 is 0. The number of benzene rings is 2. The zero-order chi connectivity index (χ0) is 19.4. The van der Waals surface area contributed by atoms with E-state index in [0.29, 0.717) is 18.6 Å². The molecule has 0 saturated heterocycles. The van der Waals surface area contributed by atoms with Crippen molar-refractivity contribution in [2.24, 2.45) is 7.05 Å². The van der Waals surface area contributed by atoms with Crippen LogP contribution in [0.1, 0.15) is 0 Å². The van der Waals surface area contributed by atoms with Gasteiger partial charge in [0.25, 0.3) is 5.69 Å². The molecule has 1 amide bonds. The van der Waals surface area contributed by atoms with Crippen molar-refractivity contribution in [3.63, 3.8) is 0 Å². The Hall–Kier alpha value is -3.62. The highest BCUT2D eigenvalue weighted by Crippen LogP contribution is 2.15. The molecule has 0 bridgehead atoms. The number of carbonyl (C=O) groups is 1. The lowest BCUT2D eigenvalue weighted by atomic mass is 10.3. The molecule has 0 aliphatic carbocycles. The van der Waals surface area contributed by atoms with Crippen molar-refractivity contribution in [1.82, 2.24) is 14.5 Å². The van der Waals surface area contributed by atoms with Crippen molar-refractivity contribution in [2.45, 2.75) is 6.54 Å². The molecule has 0 unspecified atom stereocenters. The van der Waals surface area contributed by atoms with E-state index in [1.165, 1.54) is 21.3 Å². The monoisotopic (exact) mass is 369 g/mol. The third kappa shape index (κ3) is 3.97. The first-order valence-electron chi connectivity index (χ1n) is 8.36. The molecule has 9 heteroatoms. The normalized spacial score (nSPS) is 10.7. The van der Waals surface area contributed by atoms with Crippen molar-refractivity contribution in [2.75, 3.05) is 18.4 Å². The molecule has 0 atom stereocenters.